The van der Waals surface area contributed by atoms with Gasteiger partial charge < -0.3 is 19.7 Å². The van der Waals surface area contributed by atoms with Gasteiger partial charge in [-0.3, -0.25) is 10.1 Å². The van der Waals surface area contributed by atoms with E-state index in [0.717, 1.165) is 52.5 Å². The molecule has 2 aliphatic heterocycles. The van der Waals surface area contributed by atoms with Crippen molar-refractivity contribution >= 4 is 17.6 Å². The van der Waals surface area contributed by atoms with Gasteiger partial charge in [0.1, 0.15) is 19.3 Å². The Labute approximate surface area is 176 Å². The zero-order chi connectivity index (χ0) is 21.1. The number of likely N-dealkylation sites (tertiary alicyclic amines) is 1. The number of hydrogen-bond donors (Lipinski definition) is 3. The van der Waals surface area contributed by atoms with E-state index in [1.807, 2.05) is 50.2 Å². The highest BCUT2D eigenvalue weighted by molar-refractivity contribution is 6.01. The minimum absolute atomic E-state index is 0.203. The summed E-state index contributed by atoms with van der Waals surface area (Å²) in [6, 6.07) is 11.4. The van der Waals surface area contributed by atoms with Gasteiger partial charge in [-0.15, -0.1) is 0 Å². The number of anilines is 1. The van der Waals surface area contributed by atoms with Crippen molar-refractivity contribution in [2.24, 2.45) is 0 Å². The molecule has 0 aliphatic carbocycles. The zero-order valence-corrected chi connectivity index (χ0v) is 17.4. The van der Waals surface area contributed by atoms with Gasteiger partial charge in [-0.1, -0.05) is 6.07 Å². The predicted octanol–water partition coefficient (Wildman–Crippen LogP) is 2.14. The van der Waals surface area contributed by atoms with Crippen LogP contribution in [-0.2, 0) is 4.79 Å². The molecule has 30 heavy (non-hydrogen) atoms. The Morgan fingerprint density at radius 3 is 2.63 bits per heavy atom. The number of carbonyl (C=O) groups is 2. The Balaban J connectivity index is 1.35. The fourth-order valence-electron chi connectivity index (χ4n) is 4.16. The van der Waals surface area contributed by atoms with Crippen LogP contribution in [0.5, 0.6) is 11.5 Å². The van der Waals surface area contributed by atoms with E-state index in [0.29, 0.717) is 18.9 Å². The molecule has 2 aliphatic rings. The number of carbonyl (C=O) groups excluding carboxylic acids is 2. The molecule has 0 aromatic heterocycles. The van der Waals surface area contributed by atoms with E-state index < -0.39 is 6.03 Å². The summed E-state index contributed by atoms with van der Waals surface area (Å²) < 4.78 is 11.3. The first-order valence-electron chi connectivity index (χ1n) is 10.4. The number of aryl methyl sites for hydroxylation is 2. The van der Waals surface area contributed by atoms with Crippen LogP contribution in [0.1, 0.15) is 35.6 Å². The van der Waals surface area contributed by atoms with E-state index in [1.54, 1.807) is 0 Å². The highest BCUT2D eigenvalue weighted by atomic mass is 16.6. The molecular weight excluding hydrogens is 382 g/mol. The lowest BCUT2D eigenvalue weighted by molar-refractivity contribution is -0.910. The lowest BCUT2D eigenvalue weighted by Crippen LogP contribution is -3.11. The number of nitrogens with one attached hydrogen (secondary N) is 3. The second-order valence-electron chi connectivity index (χ2n) is 7.98. The molecule has 0 bridgehead atoms. The van der Waals surface area contributed by atoms with Crippen molar-refractivity contribution in [2.45, 2.75) is 32.7 Å². The Kier molecular flexibility index (Phi) is 5.90. The van der Waals surface area contributed by atoms with E-state index in [2.05, 4.69) is 10.6 Å². The maximum absolute atomic E-state index is 12.5. The fraction of sp³-hybridized carbons (Fsp3) is 0.391. The minimum Gasteiger partial charge on any atom is -0.486 e. The van der Waals surface area contributed by atoms with Crippen molar-refractivity contribution in [1.29, 1.82) is 0 Å². The molecule has 1 unspecified atom stereocenters. The molecule has 0 radical (unpaired) electrons. The number of rotatable bonds is 4. The molecule has 158 valence electrons. The highest BCUT2D eigenvalue weighted by Crippen LogP contribution is 2.33. The van der Waals surface area contributed by atoms with Crippen LogP contribution < -0.4 is 25.0 Å². The van der Waals surface area contributed by atoms with E-state index >= 15 is 0 Å². The number of benzene rings is 2. The van der Waals surface area contributed by atoms with Crippen LogP contribution in [0.2, 0.25) is 0 Å². The molecule has 1 fully saturated rings. The highest BCUT2D eigenvalue weighted by Gasteiger charge is 2.32. The van der Waals surface area contributed by atoms with Gasteiger partial charge in [0.05, 0.1) is 6.54 Å². The first-order valence-corrected chi connectivity index (χ1v) is 10.4. The van der Waals surface area contributed by atoms with Gasteiger partial charge in [0.15, 0.2) is 18.0 Å². The van der Waals surface area contributed by atoms with Crippen LogP contribution in [0.15, 0.2) is 36.4 Å². The smallest absolute Gasteiger partial charge is 0.326 e. The molecule has 3 amide bonds. The van der Waals surface area contributed by atoms with Gasteiger partial charge >= 0.3 is 6.03 Å². The topological polar surface area (TPSA) is 81.1 Å². The average molecular weight is 410 g/mol. The summed E-state index contributed by atoms with van der Waals surface area (Å²) in [6.45, 7) is 6.26. The number of amides is 3. The molecule has 1 saturated heterocycles. The largest absolute Gasteiger partial charge is 0.486 e. The fourth-order valence-corrected chi connectivity index (χ4v) is 4.16. The van der Waals surface area contributed by atoms with Crippen LogP contribution >= 0.6 is 0 Å². The third-order valence-corrected chi connectivity index (χ3v) is 5.86. The van der Waals surface area contributed by atoms with Crippen molar-refractivity contribution in [3.8, 4) is 11.5 Å². The summed E-state index contributed by atoms with van der Waals surface area (Å²) in [5, 5.41) is 5.19. The number of imide groups is 1. The first-order chi connectivity index (χ1) is 14.5. The number of quaternary nitrogens is 1. The molecule has 4 rings (SSSR count). The monoisotopic (exact) mass is 410 g/mol. The number of urea groups is 1. The van der Waals surface area contributed by atoms with Crippen LogP contribution in [0.4, 0.5) is 10.5 Å². The third kappa shape index (κ3) is 4.57. The van der Waals surface area contributed by atoms with Gasteiger partial charge in [-0.25, -0.2) is 4.79 Å². The van der Waals surface area contributed by atoms with Crippen LogP contribution in [0, 0.1) is 13.8 Å². The number of fused-ring (bicyclic) bond motifs is 1. The molecular formula is C23H28N3O4+. The van der Waals surface area contributed by atoms with Crippen LogP contribution in [-0.4, -0.2) is 38.2 Å². The molecule has 0 spiro atoms. The summed E-state index contributed by atoms with van der Waals surface area (Å²) in [6.07, 6.45) is 2.04. The lowest BCUT2D eigenvalue weighted by atomic mass is 10.0. The van der Waals surface area contributed by atoms with Crippen molar-refractivity contribution in [3.63, 3.8) is 0 Å². The number of ether oxygens (including phenoxy) is 2. The minimum atomic E-state index is -0.502. The summed E-state index contributed by atoms with van der Waals surface area (Å²) >= 11 is 0. The van der Waals surface area contributed by atoms with Crippen molar-refractivity contribution in [1.82, 2.24) is 5.32 Å². The van der Waals surface area contributed by atoms with Crippen LogP contribution in [0.3, 0.4) is 0 Å². The van der Waals surface area contributed by atoms with Crippen molar-refractivity contribution in [3.05, 3.63) is 53.1 Å². The average Bonchev–Trinajstić information content (AvgIpc) is 3.18. The van der Waals surface area contributed by atoms with Crippen molar-refractivity contribution < 1.29 is 24.0 Å². The molecule has 2 atom stereocenters. The molecule has 7 nitrogen and oxygen atoms in total. The maximum Gasteiger partial charge on any atom is 0.326 e. The quantitative estimate of drug-likeness (QED) is 0.722. The van der Waals surface area contributed by atoms with Gasteiger partial charge in [0, 0.05) is 24.1 Å². The summed E-state index contributed by atoms with van der Waals surface area (Å²) in [5.74, 6) is 1.25. The SMILES string of the molecule is Cc1ccc(NC(=O)NC(=O)C[NH+]2CCC[C@@H]2c2ccc3c(c2)OCCO3)cc1C. The summed E-state index contributed by atoms with van der Waals surface area (Å²) in [4.78, 5) is 25.9. The molecule has 2 heterocycles. The molecule has 0 saturated carbocycles. The zero-order valence-electron chi connectivity index (χ0n) is 17.4. The van der Waals surface area contributed by atoms with Crippen molar-refractivity contribution in [2.75, 3.05) is 31.6 Å². The Morgan fingerprint density at radius 2 is 1.83 bits per heavy atom. The van der Waals surface area contributed by atoms with E-state index in [4.69, 9.17) is 9.47 Å². The number of hydrogen-bond acceptors (Lipinski definition) is 4. The Hall–Kier alpha value is -3.06. The predicted molar refractivity (Wildman–Crippen MR) is 113 cm³/mol. The normalized spacial score (nSPS) is 19.9. The van der Waals surface area contributed by atoms with Gasteiger partial charge in [0.25, 0.3) is 5.91 Å². The summed E-state index contributed by atoms with van der Waals surface area (Å²) in [7, 11) is 0. The standard InChI is InChI=1S/C23H27N3O4/c1-15-5-7-18(12-16(15)2)24-23(28)25-22(27)14-26-9-3-4-19(26)17-6-8-20-21(13-17)30-11-10-29-20/h5-8,12-13,19H,3-4,9-11,14H2,1-2H3,(H2,24,25,27,28)/p+1/t19-/m1/s1. The molecule has 3 N–H and O–H groups in total. The van der Waals surface area contributed by atoms with Crippen LogP contribution in [0.25, 0.3) is 0 Å². The molecule has 7 heteroatoms. The second-order valence-corrected chi connectivity index (χ2v) is 7.98. The van der Waals surface area contributed by atoms with E-state index in [9.17, 15) is 9.59 Å². The van der Waals surface area contributed by atoms with E-state index in [1.165, 1.54) is 0 Å². The lowest BCUT2D eigenvalue weighted by Gasteiger charge is -2.23. The summed E-state index contributed by atoms with van der Waals surface area (Å²) in [5.41, 5.74) is 4.05. The van der Waals surface area contributed by atoms with Gasteiger partial charge in [-0.05, 0) is 55.3 Å². The maximum atomic E-state index is 12.5. The molecule has 2 aromatic rings. The Morgan fingerprint density at radius 1 is 1.03 bits per heavy atom. The van der Waals surface area contributed by atoms with Gasteiger partial charge in [0.2, 0.25) is 0 Å². The third-order valence-electron chi connectivity index (χ3n) is 5.86. The first kappa shape index (κ1) is 20.2. The second kappa shape index (κ2) is 8.75. The van der Waals surface area contributed by atoms with Gasteiger partial charge in [-0.2, -0.15) is 0 Å². The van der Waals surface area contributed by atoms with E-state index in [-0.39, 0.29) is 18.5 Å². The molecule has 2 aromatic carbocycles. The Bertz CT molecular complexity index is 959.